The Balaban J connectivity index is 2.32. The number of nitrogens with zero attached hydrogens (tertiary/aromatic N) is 4. The first-order valence-corrected chi connectivity index (χ1v) is 5.28. The molecule has 3 aromatic heterocycles. The molecule has 3 heterocycles. The van der Waals surface area contributed by atoms with E-state index >= 15 is 0 Å². The van der Waals surface area contributed by atoms with Crippen LogP contribution in [-0.4, -0.2) is 14.4 Å². The van der Waals surface area contributed by atoms with Crippen molar-refractivity contribution in [2.75, 3.05) is 0 Å². The molecule has 0 aliphatic rings. The molecule has 3 rings (SSSR count). The van der Waals surface area contributed by atoms with E-state index in [1.807, 2.05) is 12.1 Å². The molecule has 0 amide bonds. The summed E-state index contributed by atoms with van der Waals surface area (Å²) in [7, 11) is 0. The van der Waals surface area contributed by atoms with Gasteiger partial charge >= 0.3 is 0 Å². The van der Waals surface area contributed by atoms with Gasteiger partial charge in [-0.05, 0) is 24.3 Å². The van der Waals surface area contributed by atoms with Crippen molar-refractivity contribution in [3.05, 3.63) is 54.4 Å². The van der Waals surface area contributed by atoms with Crippen LogP contribution >= 0.6 is 0 Å². The summed E-state index contributed by atoms with van der Waals surface area (Å²) < 4.78 is 14.5. The van der Waals surface area contributed by atoms with Gasteiger partial charge in [-0.3, -0.25) is 4.40 Å². The fraction of sp³-hybridized carbons (Fsp3) is 0. The molecular formula is C13H7FN4. The lowest BCUT2D eigenvalue weighted by Gasteiger charge is -2.05. The zero-order valence-electron chi connectivity index (χ0n) is 9.21. The van der Waals surface area contributed by atoms with Gasteiger partial charge < -0.3 is 0 Å². The Morgan fingerprint density at radius 2 is 2.00 bits per heavy atom. The van der Waals surface area contributed by atoms with Gasteiger partial charge in [0.1, 0.15) is 17.4 Å². The lowest BCUT2D eigenvalue weighted by atomic mass is 10.2. The minimum Gasteiger partial charge on any atom is -0.284 e. The van der Waals surface area contributed by atoms with Crippen molar-refractivity contribution in [2.24, 2.45) is 0 Å². The molecule has 0 atom stereocenters. The van der Waals surface area contributed by atoms with E-state index in [0.717, 1.165) is 11.3 Å². The van der Waals surface area contributed by atoms with Crippen LogP contribution in [0.25, 0.3) is 16.9 Å². The molecule has 18 heavy (non-hydrogen) atoms. The van der Waals surface area contributed by atoms with Crippen LogP contribution in [0, 0.1) is 17.3 Å². The van der Waals surface area contributed by atoms with Crippen LogP contribution in [0.5, 0.6) is 0 Å². The highest BCUT2D eigenvalue weighted by Crippen LogP contribution is 2.21. The summed E-state index contributed by atoms with van der Waals surface area (Å²) in [4.78, 5) is 7.76. The number of rotatable bonds is 1. The number of aromatic nitrogens is 3. The molecule has 0 fully saturated rings. The monoisotopic (exact) mass is 238 g/mol. The Hall–Kier alpha value is -2.74. The number of hydrogen-bond donors (Lipinski definition) is 0. The van der Waals surface area contributed by atoms with Crippen LogP contribution in [0.1, 0.15) is 5.69 Å². The fourth-order valence-electron chi connectivity index (χ4n) is 1.87. The average Bonchev–Trinajstić information content (AvgIpc) is 2.82. The number of pyridine rings is 2. The van der Waals surface area contributed by atoms with Gasteiger partial charge in [-0.15, -0.1) is 0 Å². The molecule has 0 unspecified atom stereocenters. The van der Waals surface area contributed by atoms with E-state index in [1.54, 1.807) is 16.5 Å². The number of nitriles is 1. The van der Waals surface area contributed by atoms with E-state index in [0.29, 0.717) is 11.3 Å². The summed E-state index contributed by atoms with van der Waals surface area (Å²) in [6.45, 7) is 0. The van der Waals surface area contributed by atoms with Crippen LogP contribution in [0.3, 0.4) is 0 Å². The number of hydrogen-bond acceptors (Lipinski definition) is 3. The first-order valence-electron chi connectivity index (χ1n) is 5.28. The molecule has 5 heteroatoms. The lowest BCUT2D eigenvalue weighted by Crippen LogP contribution is -1.95. The third-order valence-electron chi connectivity index (χ3n) is 2.67. The zero-order valence-corrected chi connectivity index (χ0v) is 9.21. The zero-order chi connectivity index (χ0) is 12.5. The van der Waals surface area contributed by atoms with Crippen molar-refractivity contribution in [1.82, 2.24) is 14.4 Å². The quantitative estimate of drug-likeness (QED) is 0.612. The SMILES string of the molecule is N#Cc1cnc2cccc(-c3ccc(F)nc3)n12. The molecule has 0 aliphatic heterocycles. The normalized spacial score (nSPS) is 10.4. The van der Waals surface area contributed by atoms with Crippen LogP contribution < -0.4 is 0 Å². The highest BCUT2D eigenvalue weighted by atomic mass is 19.1. The largest absolute Gasteiger partial charge is 0.284 e. The summed E-state index contributed by atoms with van der Waals surface area (Å²) in [6.07, 6.45) is 2.95. The highest BCUT2D eigenvalue weighted by Gasteiger charge is 2.08. The molecule has 0 radical (unpaired) electrons. The van der Waals surface area contributed by atoms with Crippen LogP contribution in [0.4, 0.5) is 4.39 Å². The molecular weight excluding hydrogens is 231 g/mol. The third-order valence-corrected chi connectivity index (χ3v) is 2.67. The van der Waals surface area contributed by atoms with Crippen molar-refractivity contribution in [3.8, 4) is 17.3 Å². The molecule has 4 nitrogen and oxygen atoms in total. The Bertz CT molecular complexity index is 753. The molecule has 0 aliphatic carbocycles. The summed E-state index contributed by atoms with van der Waals surface area (Å²) >= 11 is 0. The average molecular weight is 238 g/mol. The van der Waals surface area contributed by atoms with Gasteiger partial charge in [0, 0.05) is 11.8 Å². The molecule has 0 N–H and O–H groups in total. The van der Waals surface area contributed by atoms with Crippen LogP contribution in [0.2, 0.25) is 0 Å². The third kappa shape index (κ3) is 1.52. The van der Waals surface area contributed by atoms with Crippen molar-refractivity contribution in [2.45, 2.75) is 0 Å². The van der Waals surface area contributed by atoms with Crippen LogP contribution in [0.15, 0.2) is 42.7 Å². The second-order valence-corrected chi connectivity index (χ2v) is 3.73. The summed E-state index contributed by atoms with van der Waals surface area (Å²) in [5, 5.41) is 9.05. The smallest absolute Gasteiger partial charge is 0.212 e. The highest BCUT2D eigenvalue weighted by molar-refractivity contribution is 5.64. The molecule has 0 aromatic carbocycles. The van der Waals surface area contributed by atoms with Gasteiger partial charge in [-0.1, -0.05) is 6.07 Å². The summed E-state index contributed by atoms with van der Waals surface area (Å²) in [5.41, 5.74) is 2.60. The van der Waals surface area contributed by atoms with E-state index in [1.165, 1.54) is 18.5 Å². The van der Waals surface area contributed by atoms with E-state index in [9.17, 15) is 4.39 Å². The van der Waals surface area contributed by atoms with Crippen molar-refractivity contribution < 1.29 is 4.39 Å². The second-order valence-electron chi connectivity index (χ2n) is 3.73. The van der Waals surface area contributed by atoms with E-state index in [-0.39, 0.29) is 0 Å². The predicted molar refractivity (Wildman–Crippen MR) is 63.1 cm³/mol. The van der Waals surface area contributed by atoms with Crippen LogP contribution in [-0.2, 0) is 0 Å². The number of imidazole rings is 1. The van der Waals surface area contributed by atoms with Gasteiger partial charge in [0.15, 0.2) is 0 Å². The standard InChI is InChI=1S/C13H7FN4/c14-12-5-4-9(7-16-12)11-2-1-3-13-17-8-10(6-15)18(11)13/h1-5,7-8H. The predicted octanol–water partition coefficient (Wildman–Crippen LogP) is 2.41. The Kier molecular flexibility index (Phi) is 2.27. The first-order chi connectivity index (χ1) is 8.79. The van der Waals surface area contributed by atoms with Gasteiger partial charge in [-0.2, -0.15) is 9.65 Å². The second kappa shape index (κ2) is 3.93. The Morgan fingerprint density at radius 1 is 1.11 bits per heavy atom. The minimum absolute atomic E-state index is 0.435. The topological polar surface area (TPSA) is 54.0 Å². The molecule has 0 bridgehead atoms. The summed E-state index contributed by atoms with van der Waals surface area (Å²) in [5.74, 6) is -0.530. The summed E-state index contributed by atoms with van der Waals surface area (Å²) in [6, 6.07) is 10.5. The van der Waals surface area contributed by atoms with Crippen molar-refractivity contribution in [3.63, 3.8) is 0 Å². The van der Waals surface area contributed by atoms with Gasteiger partial charge in [-0.25, -0.2) is 9.97 Å². The molecule has 86 valence electrons. The van der Waals surface area contributed by atoms with Crippen molar-refractivity contribution in [1.29, 1.82) is 5.26 Å². The van der Waals surface area contributed by atoms with Crippen molar-refractivity contribution >= 4 is 5.65 Å². The minimum atomic E-state index is -0.530. The molecule has 0 spiro atoms. The lowest BCUT2D eigenvalue weighted by molar-refractivity contribution is 0.584. The maximum absolute atomic E-state index is 12.8. The molecule has 0 saturated heterocycles. The first kappa shape index (κ1) is 10.4. The van der Waals surface area contributed by atoms with E-state index in [2.05, 4.69) is 16.0 Å². The number of fused-ring (bicyclic) bond motifs is 1. The molecule has 3 aromatic rings. The molecule has 0 saturated carbocycles. The Morgan fingerprint density at radius 3 is 2.72 bits per heavy atom. The van der Waals surface area contributed by atoms with E-state index in [4.69, 9.17) is 5.26 Å². The van der Waals surface area contributed by atoms with E-state index < -0.39 is 5.95 Å². The van der Waals surface area contributed by atoms with Gasteiger partial charge in [0.25, 0.3) is 0 Å². The van der Waals surface area contributed by atoms with Gasteiger partial charge in [0.2, 0.25) is 5.95 Å². The fourth-order valence-corrected chi connectivity index (χ4v) is 1.87. The number of halogens is 1. The van der Waals surface area contributed by atoms with Gasteiger partial charge in [0.05, 0.1) is 11.9 Å². The maximum atomic E-state index is 12.8. The Labute approximate surface area is 102 Å². The maximum Gasteiger partial charge on any atom is 0.212 e.